The van der Waals surface area contributed by atoms with E-state index >= 15 is 0 Å². The summed E-state index contributed by atoms with van der Waals surface area (Å²) in [7, 11) is 0. The summed E-state index contributed by atoms with van der Waals surface area (Å²) < 4.78 is 12.2. The van der Waals surface area contributed by atoms with Crippen LogP contribution in [0.2, 0.25) is 0 Å². The standard InChI is InChI=1S/C13H23N3O3/c1-5-7-18-8-6-16-11(4)12(14-15-16)13(17)19-9-10(2)3/h10H,5-9H2,1-4H3. The number of ether oxygens (including phenoxy) is 2. The molecule has 0 N–H and O–H groups in total. The Hall–Kier alpha value is -1.43. The largest absolute Gasteiger partial charge is 0.461 e. The van der Waals surface area contributed by atoms with Crippen molar-refractivity contribution < 1.29 is 14.3 Å². The number of hydrogen-bond acceptors (Lipinski definition) is 5. The third-order valence-corrected chi connectivity index (χ3v) is 2.52. The van der Waals surface area contributed by atoms with Crippen LogP contribution in [-0.4, -0.2) is 40.8 Å². The van der Waals surface area contributed by atoms with E-state index in [0.717, 1.165) is 13.0 Å². The third-order valence-electron chi connectivity index (χ3n) is 2.52. The summed E-state index contributed by atoms with van der Waals surface area (Å²) >= 11 is 0. The average Bonchev–Trinajstić information content (AvgIpc) is 2.73. The van der Waals surface area contributed by atoms with Gasteiger partial charge in [0.2, 0.25) is 0 Å². The van der Waals surface area contributed by atoms with Gasteiger partial charge in [0.05, 0.1) is 25.5 Å². The molecule has 0 spiro atoms. The van der Waals surface area contributed by atoms with Crippen molar-refractivity contribution in [1.82, 2.24) is 15.0 Å². The van der Waals surface area contributed by atoms with Crippen molar-refractivity contribution in [3.8, 4) is 0 Å². The summed E-state index contributed by atoms with van der Waals surface area (Å²) in [4.78, 5) is 11.8. The van der Waals surface area contributed by atoms with Crippen LogP contribution in [0.1, 0.15) is 43.4 Å². The number of rotatable bonds is 8. The molecule has 1 aromatic heterocycles. The van der Waals surface area contributed by atoms with Crippen LogP contribution in [0, 0.1) is 12.8 Å². The summed E-state index contributed by atoms with van der Waals surface area (Å²) in [6.07, 6.45) is 0.989. The molecule has 0 fully saturated rings. The van der Waals surface area contributed by atoms with Crippen LogP contribution in [0.15, 0.2) is 0 Å². The van der Waals surface area contributed by atoms with E-state index in [9.17, 15) is 4.79 Å². The monoisotopic (exact) mass is 269 g/mol. The molecule has 0 aliphatic heterocycles. The molecule has 0 amide bonds. The summed E-state index contributed by atoms with van der Waals surface area (Å²) in [5.74, 6) is -0.103. The number of nitrogens with zero attached hydrogens (tertiary/aromatic N) is 3. The van der Waals surface area contributed by atoms with E-state index in [4.69, 9.17) is 9.47 Å². The molecule has 0 radical (unpaired) electrons. The molecule has 0 aliphatic rings. The van der Waals surface area contributed by atoms with Gasteiger partial charge in [0.25, 0.3) is 0 Å². The van der Waals surface area contributed by atoms with Crippen molar-refractivity contribution in [3.63, 3.8) is 0 Å². The molecule has 108 valence electrons. The van der Waals surface area contributed by atoms with Crippen LogP contribution in [-0.2, 0) is 16.0 Å². The maximum Gasteiger partial charge on any atom is 0.360 e. The fourth-order valence-corrected chi connectivity index (χ4v) is 1.47. The van der Waals surface area contributed by atoms with Gasteiger partial charge in [-0.1, -0.05) is 26.0 Å². The van der Waals surface area contributed by atoms with Crippen LogP contribution in [0.25, 0.3) is 0 Å². The molecule has 0 aliphatic carbocycles. The first-order chi connectivity index (χ1) is 9.06. The van der Waals surface area contributed by atoms with Crippen LogP contribution < -0.4 is 0 Å². The van der Waals surface area contributed by atoms with Gasteiger partial charge >= 0.3 is 5.97 Å². The highest BCUT2D eigenvalue weighted by Crippen LogP contribution is 2.06. The van der Waals surface area contributed by atoms with Crippen molar-refractivity contribution in [2.24, 2.45) is 5.92 Å². The van der Waals surface area contributed by atoms with E-state index in [2.05, 4.69) is 17.2 Å². The lowest BCUT2D eigenvalue weighted by molar-refractivity contribution is 0.0451. The topological polar surface area (TPSA) is 66.2 Å². The first kappa shape index (κ1) is 15.6. The predicted octanol–water partition coefficient (Wildman–Crippen LogP) is 1.83. The summed E-state index contributed by atoms with van der Waals surface area (Å²) in [5.41, 5.74) is 1.00. The van der Waals surface area contributed by atoms with Gasteiger partial charge in [-0.2, -0.15) is 0 Å². The van der Waals surface area contributed by atoms with Crippen molar-refractivity contribution in [1.29, 1.82) is 0 Å². The highest BCUT2D eigenvalue weighted by atomic mass is 16.5. The minimum absolute atomic E-state index is 0.288. The van der Waals surface area contributed by atoms with Crippen LogP contribution >= 0.6 is 0 Å². The molecular formula is C13H23N3O3. The SMILES string of the molecule is CCCOCCn1nnc(C(=O)OCC(C)C)c1C. The van der Waals surface area contributed by atoms with Gasteiger partial charge < -0.3 is 9.47 Å². The average molecular weight is 269 g/mol. The number of carbonyl (C=O) groups excluding carboxylic acids is 1. The molecule has 1 rings (SSSR count). The van der Waals surface area contributed by atoms with Gasteiger partial charge in [-0.3, -0.25) is 0 Å². The van der Waals surface area contributed by atoms with E-state index in [1.54, 1.807) is 4.68 Å². The molecule has 0 saturated heterocycles. The number of hydrogen-bond donors (Lipinski definition) is 0. The van der Waals surface area contributed by atoms with Crippen LogP contribution in [0.3, 0.4) is 0 Å². The molecule has 0 atom stereocenters. The second kappa shape index (κ2) is 7.89. The Morgan fingerprint density at radius 1 is 1.37 bits per heavy atom. The molecule has 6 heteroatoms. The van der Waals surface area contributed by atoms with Crippen LogP contribution in [0.5, 0.6) is 0 Å². The van der Waals surface area contributed by atoms with E-state index in [1.807, 2.05) is 20.8 Å². The van der Waals surface area contributed by atoms with Crippen molar-refractivity contribution in [3.05, 3.63) is 11.4 Å². The molecule has 0 bridgehead atoms. The van der Waals surface area contributed by atoms with Gasteiger partial charge in [0.15, 0.2) is 5.69 Å². The second-order valence-corrected chi connectivity index (χ2v) is 4.85. The molecule has 0 unspecified atom stereocenters. The van der Waals surface area contributed by atoms with Crippen molar-refractivity contribution in [2.75, 3.05) is 19.8 Å². The van der Waals surface area contributed by atoms with E-state index in [-0.39, 0.29) is 5.69 Å². The maximum atomic E-state index is 11.8. The minimum Gasteiger partial charge on any atom is -0.461 e. The van der Waals surface area contributed by atoms with Gasteiger partial charge in [0.1, 0.15) is 0 Å². The lowest BCUT2D eigenvalue weighted by Gasteiger charge is -2.06. The van der Waals surface area contributed by atoms with E-state index < -0.39 is 5.97 Å². The molecule has 0 saturated carbocycles. The lowest BCUT2D eigenvalue weighted by atomic mass is 10.2. The molecule has 19 heavy (non-hydrogen) atoms. The van der Waals surface area contributed by atoms with E-state index in [0.29, 0.717) is 31.4 Å². The van der Waals surface area contributed by atoms with Gasteiger partial charge in [-0.05, 0) is 19.3 Å². The molecule has 6 nitrogen and oxygen atoms in total. The predicted molar refractivity (Wildman–Crippen MR) is 71.0 cm³/mol. The zero-order valence-electron chi connectivity index (χ0n) is 12.2. The summed E-state index contributed by atoms with van der Waals surface area (Å²) in [5, 5.41) is 7.82. The first-order valence-corrected chi connectivity index (χ1v) is 6.71. The molecule has 1 aromatic rings. The van der Waals surface area contributed by atoms with Crippen molar-refractivity contribution in [2.45, 2.75) is 40.7 Å². The highest BCUT2D eigenvalue weighted by Gasteiger charge is 2.18. The van der Waals surface area contributed by atoms with Gasteiger partial charge in [0, 0.05) is 6.61 Å². The Bertz CT molecular complexity index is 402. The molecule has 0 aromatic carbocycles. The third kappa shape index (κ3) is 4.98. The molecular weight excluding hydrogens is 246 g/mol. The minimum atomic E-state index is -0.410. The van der Waals surface area contributed by atoms with Gasteiger partial charge in [-0.25, -0.2) is 9.48 Å². The Morgan fingerprint density at radius 3 is 2.74 bits per heavy atom. The lowest BCUT2D eigenvalue weighted by Crippen LogP contribution is -2.13. The Balaban J connectivity index is 2.52. The zero-order valence-corrected chi connectivity index (χ0v) is 12.2. The Morgan fingerprint density at radius 2 is 2.11 bits per heavy atom. The zero-order chi connectivity index (χ0) is 14.3. The van der Waals surface area contributed by atoms with Crippen LogP contribution in [0.4, 0.5) is 0 Å². The first-order valence-electron chi connectivity index (χ1n) is 6.71. The van der Waals surface area contributed by atoms with Crippen molar-refractivity contribution >= 4 is 5.97 Å². The number of esters is 1. The normalized spacial score (nSPS) is 11.0. The fourth-order valence-electron chi connectivity index (χ4n) is 1.47. The summed E-state index contributed by atoms with van der Waals surface area (Å²) in [6.45, 7) is 10.1. The number of aromatic nitrogens is 3. The Kier molecular flexibility index (Phi) is 6.49. The Labute approximate surface area is 114 Å². The fraction of sp³-hybridized carbons (Fsp3) is 0.769. The van der Waals surface area contributed by atoms with Gasteiger partial charge in [-0.15, -0.1) is 5.10 Å². The highest BCUT2D eigenvalue weighted by molar-refractivity contribution is 5.88. The smallest absolute Gasteiger partial charge is 0.360 e. The second-order valence-electron chi connectivity index (χ2n) is 4.85. The van der Waals surface area contributed by atoms with E-state index in [1.165, 1.54) is 0 Å². The number of carbonyl (C=O) groups is 1. The molecule has 1 heterocycles. The quantitative estimate of drug-likeness (QED) is 0.532. The maximum absolute atomic E-state index is 11.8. The summed E-state index contributed by atoms with van der Waals surface area (Å²) in [6, 6.07) is 0.